The number of carbonyl (C=O) groups is 2. The second kappa shape index (κ2) is 10.00. The monoisotopic (exact) mass is 462 g/mol. The van der Waals surface area contributed by atoms with Crippen LogP contribution in [0.1, 0.15) is 48.0 Å². The number of piperidine rings is 2. The molecule has 0 spiro atoms. The molecule has 1 N–H and O–H groups in total. The summed E-state index contributed by atoms with van der Waals surface area (Å²) in [6.07, 6.45) is 5.01. The molecule has 0 unspecified atom stereocenters. The highest BCUT2D eigenvalue weighted by Crippen LogP contribution is 2.25. The first kappa shape index (κ1) is 22.0. The summed E-state index contributed by atoms with van der Waals surface area (Å²) in [6, 6.07) is 15.9. The van der Waals surface area contributed by atoms with Crippen LogP contribution in [0.25, 0.3) is 11.0 Å². The molecule has 2 fully saturated rings. The molecule has 0 atom stereocenters. The summed E-state index contributed by atoms with van der Waals surface area (Å²) in [7, 11) is 0. The number of nitrogens with zero attached hydrogens (tertiary/aromatic N) is 3. The van der Waals surface area contributed by atoms with E-state index in [1.165, 1.54) is 6.42 Å². The Labute approximate surface area is 198 Å². The van der Waals surface area contributed by atoms with Crippen LogP contribution in [0.4, 0.5) is 0 Å². The molecule has 2 aliphatic rings. The van der Waals surface area contributed by atoms with E-state index in [2.05, 4.69) is 9.97 Å². The molecular formula is C26H30N4O2S. The molecule has 3 aromatic rings. The lowest BCUT2D eigenvalue weighted by Crippen LogP contribution is -2.45. The fraction of sp³-hybridized carbons (Fsp3) is 0.423. The van der Waals surface area contributed by atoms with Gasteiger partial charge in [0.15, 0.2) is 5.16 Å². The molecule has 2 aromatic carbocycles. The molecule has 7 heteroatoms. The third kappa shape index (κ3) is 5.08. The highest BCUT2D eigenvalue weighted by Gasteiger charge is 2.31. The molecule has 3 heterocycles. The van der Waals surface area contributed by atoms with Crippen LogP contribution in [-0.2, 0) is 10.5 Å². The standard InChI is InChI=1S/C26H30N4O2S/c31-24(30-16-12-21(13-17-30)25(32)29-14-4-1-5-15-29)20-10-8-19(9-11-20)18-33-26-27-22-6-2-3-7-23(22)28-26/h2-3,6-11,21H,1,4-5,12-18H2,(H,27,28). The van der Waals surface area contributed by atoms with Gasteiger partial charge in [-0.3, -0.25) is 9.59 Å². The van der Waals surface area contributed by atoms with Gasteiger partial charge in [0.1, 0.15) is 0 Å². The van der Waals surface area contributed by atoms with E-state index in [0.29, 0.717) is 24.6 Å². The molecule has 0 bridgehead atoms. The summed E-state index contributed by atoms with van der Waals surface area (Å²) in [4.78, 5) is 37.6. The molecule has 0 saturated carbocycles. The van der Waals surface area contributed by atoms with Gasteiger partial charge in [0.2, 0.25) is 5.91 Å². The van der Waals surface area contributed by atoms with Crippen LogP contribution in [0.5, 0.6) is 0 Å². The van der Waals surface area contributed by atoms with E-state index in [1.807, 2.05) is 58.3 Å². The first-order chi connectivity index (χ1) is 16.2. The number of hydrogen-bond donors (Lipinski definition) is 1. The molecule has 0 radical (unpaired) electrons. The van der Waals surface area contributed by atoms with Crippen molar-refractivity contribution < 1.29 is 9.59 Å². The molecule has 2 saturated heterocycles. The first-order valence-electron chi connectivity index (χ1n) is 11.9. The predicted octanol–water partition coefficient (Wildman–Crippen LogP) is 4.72. The van der Waals surface area contributed by atoms with Crippen LogP contribution in [0.15, 0.2) is 53.7 Å². The Morgan fingerprint density at radius 1 is 0.909 bits per heavy atom. The SMILES string of the molecule is O=C(c1ccc(CSc2nc3ccccc3[nH]2)cc1)N1CCC(C(=O)N2CCCCC2)CC1. The van der Waals surface area contributed by atoms with Gasteiger partial charge in [0.05, 0.1) is 11.0 Å². The average molecular weight is 463 g/mol. The number of thioether (sulfide) groups is 1. The lowest BCUT2D eigenvalue weighted by atomic mass is 9.94. The van der Waals surface area contributed by atoms with Crippen LogP contribution in [0, 0.1) is 5.92 Å². The maximum atomic E-state index is 13.0. The summed E-state index contributed by atoms with van der Waals surface area (Å²) in [5.41, 5.74) is 3.89. The summed E-state index contributed by atoms with van der Waals surface area (Å²) in [5, 5.41) is 0.901. The zero-order valence-electron chi connectivity index (χ0n) is 18.8. The molecular weight excluding hydrogens is 432 g/mol. The van der Waals surface area contributed by atoms with Crippen molar-refractivity contribution in [2.24, 2.45) is 5.92 Å². The van der Waals surface area contributed by atoms with Gasteiger partial charge < -0.3 is 14.8 Å². The number of para-hydroxylation sites is 2. The van der Waals surface area contributed by atoms with Crippen molar-refractivity contribution in [3.63, 3.8) is 0 Å². The van der Waals surface area contributed by atoms with Crippen LogP contribution in [0.2, 0.25) is 0 Å². The molecule has 2 amide bonds. The van der Waals surface area contributed by atoms with E-state index < -0.39 is 0 Å². The minimum Gasteiger partial charge on any atom is -0.342 e. The Balaban J connectivity index is 1.12. The topological polar surface area (TPSA) is 69.3 Å². The number of nitrogens with one attached hydrogen (secondary N) is 1. The Morgan fingerprint density at radius 3 is 2.36 bits per heavy atom. The lowest BCUT2D eigenvalue weighted by Gasteiger charge is -2.35. The molecule has 1 aromatic heterocycles. The Morgan fingerprint density at radius 2 is 1.64 bits per heavy atom. The van der Waals surface area contributed by atoms with Gasteiger partial charge in [-0.15, -0.1) is 0 Å². The second-order valence-corrected chi connectivity index (χ2v) is 9.96. The van der Waals surface area contributed by atoms with Gasteiger partial charge in [0.25, 0.3) is 5.91 Å². The first-order valence-corrected chi connectivity index (χ1v) is 12.9. The van der Waals surface area contributed by atoms with Gasteiger partial charge in [-0.25, -0.2) is 4.98 Å². The molecule has 5 rings (SSSR count). The van der Waals surface area contributed by atoms with E-state index in [-0.39, 0.29) is 11.8 Å². The number of H-pyrrole nitrogens is 1. The average Bonchev–Trinajstić information content (AvgIpc) is 3.31. The fourth-order valence-electron chi connectivity index (χ4n) is 4.78. The quantitative estimate of drug-likeness (QED) is 0.557. The predicted molar refractivity (Wildman–Crippen MR) is 131 cm³/mol. The highest BCUT2D eigenvalue weighted by atomic mass is 32.2. The number of carbonyl (C=O) groups excluding carboxylic acids is 2. The lowest BCUT2D eigenvalue weighted by molar-refractivity contribution is -0.137. The fourth-order valence-corrected chi connectivity index (χ4v) is 5.62. The number of fused-ring (bicyclic) bond motifs is 1. The summed E-state index contributed by atoms with van der Waals surface area (Å²) < 4.78 is 0. The van der Waals surface area contributed by atoms with Gasteiger partial charge in [0, 0.05) is 43.4 Å². The minimum atomic E-state index is 0.0651. The van der Waals surface area contributed by atoms with E-state index >= 15 is 0 Å². The molecule has 6 nitrogen and oxygen atoms in total. The van der Waals surface area contributed by atoms with Crippen LogP contribution in [0.3, 0.4) is 0 Å². The number of imidazole rings is 1. The summed E-state index contributed by atoms with van der Waals surface area (Å²) >= 11 is 1.66. The summed E-state index contributed by atoms with van der Waals surface area (Å²) in [5.74, 6) is 1.23. The van der Waals surface area contributed by atoms with Crippen molar-refractivity contribution in [3.8, 4) is 0 Å². The number of likely N-dealkylation sites (tertiary alicyclic amines) is 2. The van der Waals surface area contributed by atoms with Crippen LogP contribution < -0.4 is 0 Å². The Bertz CT molecular complexity index is 1080. The number of hydrogen-bond acceptors (Lipinski definition) is 4. The Kier molecular flexibility index (Phi) is 6.67. The maximum Gasteiger partial charge on any atom is 0.253 e. The van der Waals surface area contributed by atoms with Crippen molar-refractivity contribution in [1.29, 1.82) is 0 Å². The molecule has 0 aliphatic carbocycles. The molecule has 33 heavy (non-hydrogen) atoms. The number of aromatic amines is 1. The Hall–Kier alpha value is -2.80. The van der Waals surface area contributed by atoms with Crippen molar-refractivity contribution >= 4 is 34.6 Å². The van der Waals surface area contributed by atoms with E-state index in [1.54, 1.807) is 11.8 Å². The molecule has 172 valence electrons. The van der Waals surface area contributed by atoms with Crippen molar-refractivity contribution in [3.05, 3.63) is 59.7 Å². The number of amides is 2. The van der Waals surface area contributed by atoms with Crippen molar-refractivity contribution in [2.45, 2.75) is 43.0 Å². The van der Waals surface area contributed by atoms with Gasteiger partial charge in [-0.1, -0.05) is 36.0 Å². The summed E-state index contributed by atoms with van der Waals surface area (Å²) in [6.45, 7) is 3.12. The van der Waals surface area contributed by atoms with Crippen molar-refractivity contribution in [1.82, 2.24) is 19.8 Å². The smallest absolute Gasteiger partial charge is 0.253 e. The van der Waals surface area contributed by atoms with Gasteiger partial charge in [-0.2, -0.15) is 0 Å². The van der Waals surface area contributed by atoms with Crippen LogP contribution in [-0.4, -0.2) is 57.8 Å². The van der Waals surface area contributed by atoms with E-state index in [4.69, 9.17) is 0 Å². The van der Waals surface area contributed by atoms with E-state index in [9.17, 15) is 9.59 Å². The van der Waals surface area contributed by atoms with Gasteiger partial charge in [-0.05, 0) is 61.9 Å². The van der Waals surface area contributed by atoms with E-state index in [0.717, 1.165) is 66.3 Å². The maximum absolute atomic E-state index is 13.0. The second-order valence-electron chi connectivity index (χ2n) is 9.00. The normalized spacial score (nSPS) is 17.5. The molecule has 2 aliphatic heterocycles. The van der Waals surface area contributed by atoms with Crippen LogP contribution >= 0.6 is 11.8 Å². The zero-order valence-corrected chi connectivity index (χ0v) is 19.7. The highest BCUT2D eigenvalue weighted by molar-refractivity contribution is 7.98. The van der Waals surface area contributed by atoms with Gasteiger partial charge >= 0.3 is 0 Å². The van der Waals surface area contributed by atoms with Crippen molar-refractivity contribution in [2.75, 3.05) is 26.2 Å². The number of rotatable bonds is 5. The zero-order chi connectivity index (χ0) is 22.6. The third-order valence-corrected chi connectivity index (χ3v) is 7.69. The number of aromatic nitrogens is 2. The minimum absolute atomic E-state index is 0.0651. The third-order valence-electron chi connectivity index (χ3n) is 6.74. The number of benzene rings is 2. The largest absolute Gasteiger partial charge is 0.342 e.